The molecular formula is C6H10N4O3S. The number of nitrogens with two attached hydrogens (primary N) is 1. The van der Waals surface area contributed by atoms with Crippen LogP contribution in [0.1, 0.15) is 10.5 Å². The second kappa shape index (κ2) is 3.78. The standard InChI is InChI=1S/C6H10N4O3S/c1-8-14(12,13)4-2-5(9-3-4)6(11)10-7/h2-3,8-9H,7H2,1H3,(H,10,11). The number of amides is 1. The minimum Gasteiger partial charge on any atom is -0.356 e. The summed E-state index contributed by atoms with van der Waals surface area (Å²) in [4.78, 5) is 13.4. The third kappa shape index (κ3) is 1.92. The first kappa shape index (κ1) is 10.7. The van der Waals surface area contributed by atoms with Gasteiger partial charge in [0.2, 0.25) is 10.0 Å². The average molecular weight is 218 g/mol. The summed E-state index contributed by atoms with van der Waals surface area (Å²) in [7, 11) is -2.24. The summed E-state index contributed by atoms with van der Waals surface area (Å²) in [5, 5.41) is 0. The quantitative estimate of drug-likeness (QED) is 0.281. The summed E-state index contributed by atoms with van der Waals surface area (Å²) in [6.07, 6.45) is 1.20. The highest BCUT2D eigenvalue weighted by atomic mass is 32.2. The van der Waals surface area contributed by atoms with E-state index in [1.165, 1.54) is 19.3 Å². The van der Waals surface area contributed by atoms with Gasteiger partial charge in [-0.3, -0.25) is 10.2 Å². The van der Waals surface area contributed by atoms with Crippen LogP contribution in [0.5, 0.6) is 0 Å². The molecule has 1 amide bonds. The Morgan fingerprint density at radius 2 is 2.21 bits per heavy atom. The van der Waals surface area contributed by atoms with E-state index in [1.807, 2.05) is 5.43 Å². The molecule has 5 N–H and O–H groups in total. The van der Waals surface area contributed by atoms with Gasteiger partial charge < -0.3 is 4.98 Å². The number of sulfonamides is 1. The van der Waals surface area contributed by atoms with Crippen LogP contribution < -0.4 is 16.0 Å². The highest BCUT2D eigenvalue weighted by Gasteiger charge is 2.15. The van der Waals surface area contributed by atoms with Gasteiger partial charge in [0.25, 0.3) is 5.91 Å². The number of aromatic nitrogens is 1. The van der Waals surface area contributed by atoms with Gasteiger partial charge >= 0.3 is 0 Å². The summed E-state index contributed by atoms with van der Waals surface area (Å²) >= 11 is 0. The maximum absolute atomic E-state index is 11.2. The van der Waals surface area contributed by atoms with Gasteiger partial charge in [-0.05, 0) is 13.1 Å². The van der Waals surface area contributed by atoms with Gasteiger partial charge in [0.15, 0.2) is 0 Å². The molecule has 1 heterocycles. The zero-order chi connectivity index (χ0) is 10.8. The Morgan fingerprint density at radius 1 is 1.57 bits per heavy atom. The van der Waals surface area contributed by atoms with E-state index >= 15 is 0 Å². The minimum atomic E-state index is -3.52. The molecule has 7 nitrogen and oxygen atoms in total. The summed E-state index contributed by atoms with van der Waals surface area (Å²) in [5.41, 5.74) is 1.96. The first-order chi connectivity index (χ1) is 6.51. The fourth-order valence-electron chi connectivity index (χ4n) is 0.856. The molecule has 78 valence electrons. The lowest BCUT2D eigenvalue weighted by atomic mass is 10.4. The summed E-state index contributed by atoms with van der Waals surface area (Å²) < 4.78 is 24.6. The van der Waals surface area contributed by atoms with E-state index in [1.54, 1.807) is 0 Å². The van der Waals surface area contributed by atoms with Gasteiger partial charge in [-0.1, -0.05) is 0 Å². The topological polar surface area (TPSA) is 117 Å². The first-order valence-electron chi connectivity index (χ1n) is 3.64. The summed E-state index contributed by atoms with van der Waals surface area (Å²) in [6.45, 7) is 0. The molecular weight excluding hydrogens is 208 g/mol. The molecule has 1 rings (SSSR count). The Labute approximate surface area is 80.7 Å². The number of nitrogens with one attached hydrogen (secondary N) is 3. The molecule has 0 aliphatic heterocycles. The van der Waals surface area contributed by atoms with Crippen LogP contribution in [0.3, 0.4) is 0 Å². The van der Waals surface area contributed by atoms with Crippen molar-refractivity contribution >= 4 is 15.9 Å². The van der Waals surface area contributed by atoms with Crippen LogP contribution in [0.25, 0.3) is 0 Å². The van der Waals surface area contributed by atoms with Crippen LogP contribution in [0, 0.1) is 0 Å². The van der Waals surface area contributed by atoms with Crippen LogP contribution in [0.4, 0.5) is 0 Å². The third-order valence-corrected chi connectivity index (χ3v) is 3.01. The lowest BCUT2D eigenvalue weighted by molar-refractivity contribution is 0.0949. The number of carbonyl (C=O) groups is 1. The van der Waals surface area contributed by atoms with E-state index in [0.717, 1.165) is 0 Å². The van der Waals surface area contributed by atoms with Gasteiger partial charge in [0.05, 0.1) is 0 Å². The summed E-state index contributed by atoms with van der Waals surface area (Å²) in [6, 6.07) is 1.19. The van der Waals surface area contributed by atoms with Crippen LogP contribution in [-0.2, 0) is 10.0 Å². The lowest BCUT2D eigenvalue weighted by Gasteiger charge is -1.96. The molecule has 0 spiro atoms. The van der Waals surface area contributed by atoms with Crippen molar-refractivity contribution in [1.29, 1.82) is 0 Å². The molecule has 0 unspecified atom stereocenters. The van der Waals surface area contributed by atoms with E-state index in [0.29, 0.717) is 0 Å². The van der Waals surface area contributed by atoms with E-state index in [9.17, 15) is 13.2 Å². The predicted molar refractivity (Wildman–Crippen MR) is 48.7 cm³/mol. The molecule has 0 fully saturated rings. The molecule has 0 radical (unpaired) electrons. The van der Waals surface area contributed by atoms with Gasteiger partial charge in [-0.2, -0.15) is 0 Å². The van der Waals surface area contributed by atoms with E-state index in [4.69, 9.17) is 5.84 Å². The zero-order valence-corrected chi connectivity index (χ0v) is 8.18. The number of nitrogen functional groups attached to an aromatic ring is 1. The number of H-pyrrole nitrogens is 1. The molecule has 0 aliphatic rings. The number of carbonyl (C=O) groups excluding carboxylic acids is 1. The second-order valence-corrected chi connectivity index (χ2v) is 4.32. The Kier molecular flexibility index (Phi) is 2.89. The molecule has 8 heteroatoms. The van der Waals surface area contributed by atoms with Gasteiger partial charge in [-0.15, -0.1) is 0 Å². The van der Waals surface area contributed by atoms with Crippen molar-refractivity contribution in [2.75, 3.05) is 7.05 Å². The van der Waals surface area contributed by atoms with Crippen molar-refractivity contribution < 1.29 is 13.2 Å². The molecule has 0 bridgehead atoms. The Balaban J connectivity index is 3.06. The number of hydrogen-bond donors (Lipinski definition) is 4. The van der Waals surface area contributed by atoms with Crippen LogP contribution in [-0.4, -0.2) is 26.4 Å². The normalized spacial score (nSPS) is 11.3. The maximum atomic E-state index is 11.2. The van der Waals surface area contributed by atoms with Crippen molar-refractivity contribution in [3.8, 4) is 0 Å². The van der Waals surface area contributed by atoms with Crippen LogP contribution in [0.15, 0.2) is 17.2 Å². The number of hydrazine groups is 1. The predicted octanol–water partition coefficient (Wildman–Crippen LogP) is -1.47. The number of hydrogen-bond acceptors (Lipinski definition) is 4. The van der Waals surface area contributed by atoms with Crippen LogP contribution in [0.2, 0.25) is 0 Å². The molecule has 0 atom stereocenters. The van der Waals surface area contributed by atoms with E-state index in [2.05, 4.69) is 9.71 Å². The SMILES string of the molecule is CNS(=O)(=O)c1c[nH]c(C(=O)NN)c1. The van der Waals surface area contributed by atoms with Crippen molar-refractivity contribution in [3.63, 3.8) is 0 Å². The largest absolute Gasteiger partial charge is 0.356 e. The van der Waals surface area contributed by atoms with Crippen molar-refractivity contribution in [1.82, 2.24) is 15.1 Å². The number of aromatic amines is 1. The average Bonchev–Trinajstić information content (AvgIpc) is 2.66. The van der Waals surface area contributed by atoms with Gasteiger partial charge in [-0.25, -0.2) is 19.0 Å². The van der Waals surface area contributed by atoms with Crippen molar-refractivity contribution in [3.05, 3.63) is 18.0 Å². The molecule has 0 aromatic carbocycles. The third-order valence-electron chi connectivity index (χ3n) is 1.61. The van der Waals surface area contributed by atoms with Crippen molar-refractivity contribution in [2.24, 2.45) is 5.84 Å². The van der Waals surface area contributed by atoms with E-state index in [-0.39, 0.29) is 10.6 Å². The smallest absolute Gasteiger partial charge is 0.281 e. The molecule has 14 heavy (non-hydrogen) atoms. The first-order valence-corrected chi connectivity index (χ1v) is 5.12. The zero-order valence-electron chi connectivity index (χ0n) is 7.37. The fraction of sp³-hybridized carbons (Fsp3) is 0.167. The summed E-state index contributed by atoms with van der Waals surface area (Å²) in [5.74, 6) is 4.29. The molecule has 0 saturated heterocycles. The fourth-order valence-corrected chi connectivity index (χ4v) is 1.58. The molecule has 0 aliphatic carbocycles. The molecule has 1 aromatic rings. The monoisotopic (exact) mass is 218 g/mol. The minimum absolute atomic E-state index is 0.0152. The van der Waals surface area contributed by atoms with Crippen molar-refractivity contribution in [2.45, 2.75) is 4.90 Å². The highest BCUT2D eigenvalue weighted by molar-refractivity contribution is 7.89. The lowest BCUT2D eigenvalue weighted by Crippen LogP contribution is -2.30. The Bertz CT molecular complexity index is 436. The van der Waals surface area contributed by atoms with Gasteiger partial charge in [0.1, 0.15) is 10.6 Å². The maximum Gasteiger partial charge on any atom is 0.281 e. The van der Waals surface area contributed by atoms with Crippen LogP contribution >= 0.6 is 0 Å². The molecule has 1 aromatic heterocycles. The Hall–Kier alpha value is -1.38. The number of rotatable bonds is 3. The van der Waals surface area contributed by atoms with E-state index < -0.39 is 15.9 Å². The second-order valence-electron chi connectivity index (χ2n) is 2.43. The highest BCUT2D eigenvalue weighted by Crippen LogP contribution is 2.09. The van der Waals surface area contributed by atoms with Gasteiger partial charge in [0, 0.05) is 6.20 Å². The molecule has 0 saturated carbocycles. The Morgan fingerprint density at radius 3 is 2.71 bits per heavy atom.